The molecule has 0 bridgehead atoms. The Morgan fingerprint density at radius 2 is 1.59 bits per heavy atom. The van der Waals surface area contributed by atoms with Crippen LogP contribution in [0.2, 0.25) is 0 Å². The quantitative estimate of drug-likeness (QED) is 0.889. The third-order valence-electron chi connectivity index (χ3n) is 3.86. The lowest BCUT2D eigenvalue weighted by molar-refractivity contribution is -0.121. The summed E-state index contributed by atoms with van der Waals surface area (Å²) in [5.41, 5.74) is 3.63. The van der Waals surface area contributed by atoms with E-state index in [2.05, 4.69) is 50.4 Å². The second kappa shape index (κ2) is 6.78. The smallest absolute Gasteiger partial charge is 0.224 e. The largest absolute Gasteiger partial charge is 0.349 e. The van der Waals surface area contributed by atoms with Gasteiger partial charge in [-0.05, 0) is 29.0 Å². The van der Waals surface area contributed by atoms with Crippen molar-refractivity contribution >= 4 is 5.91 Å². The van der Waals surface area contributed by atoms with Crippen LogP contribution in [0.25, 0.3) is 0 Å². The highest BCUT2D eigenvalue weighted by atomic mass is 16.1. The van der Waals surface area contributed by atoms with Crippen LogP contribution >= 0.6 is 0 Å². The summed E-state index contributed by atoms with van der Waals surface area (Å²) in [6, 6.07) is 18.3. The highest BCUT2D eigenvalue weighted by Crippen LogP contribution is 2.23. The van der Waals surface area contributed by atoms with Crippen LogP contribution in [0.4, 0.5) is 0 Å². The van der Waals surface area contributed by atoms with Crippen LogP contribution in [0.1, 0.15) is 50.4 Å². The van der Waals surface area contributed by atoms with E-state index in [0.29, 0.717) is 6.42 Å². The van der Waals surface area contributed by atoms with Gasteiger partial charge in [0.15, 0.2) is 0 Å². The third kappa shape index (κ3) is 4.45. The predicted molar refractivity (Wildman–Crippen MR) is 91.8 cm³/mol. The first-order chi connectivity index (χ1) is 10.4. The average Bonchev–Trinajstić information content (AvgIpc) is 2.47. The van der Waals surface area contributed by atoms with Crippen LogP contribution in [0, 0.1) is 0 Å². The molecule has 2 aromatic rings. The Morgan fingerprint density at radius 3 is 2.14 bits per heavy atom. The molecule has 1 N–H and O–H groups in total. The summed E-state index contributed by atoms with van der Waals surface area (Å²) in [5.74, 6) is 0.0543. The molecule has 2 nitrogen and oxygen atoms in total. The van der Waals surface area contributed by atoms with Gasteiger partial charge in [0.05, 0.1) is 12.5 Å². The molecule has 0 radical (unpaired) electrons. The van der Waals surface area contributed by atoms with Crippen molar-refractivity contribution in [2.24, 2.45) is 0 Å². The van der Waals surface area contributed by atoms with Gasteiger partial charge in [0.25, 0.3) is 0 Å². The van der Waals surface area contributed by atoms with Gasteiger partial charge >= 0.3 is 0 Å². The minimum Gasteiger partial charge on any atom is -0.349 e. The van der Waals surface area contributed by atoms with Crippen LogP contribution in [0.5, 0.6) is 0 Å². The first-order valence-electron chi connectivity index (χ1n) is 7.80. The Bertz CT molecular complexity index is 608. The molecule has 1 amide bonds. The van der Waals surface area contributed by atoms with Gasteiger partial charge in [-0.2, -0.15) is 0 Å². The number of amides is 1. The maximum Gasteiger partial charge on any atom is 0.224 e. The molecule has 1 atom stereocenters. The minimum absolute atomic E-state index is 0.0187. The average molecular weight is 295 g/mol. The second-order valence-electron chi connectivity index (χ2n) is 6.82. The molecule has 0 saturated carbocycles. The summed E-state index contributed by atoms with van der Waals surface area (Å²) in [4.78, 5) is 12.1. The van der Waals surface area contributed by atoms with Crippen LogP contribution in [-0.2, 0) is 16.6 Å². The Morgan fingerprint density at radius 1 is 1.00 bits per heavy atom. The van der Waals surface area contributed by atoms with Gasteiger partial charge < -0.3 is 5.32 Å². The van der Waals surface area contributed by atoms with Crippen molar-refractivity contribution in [2.75, 3.05) is 0 Å². The van der Waals surface area contributed by atoms with Crippen LogP contribution in [0.3, 0.4) is 0 Å². The van der Waals surface area contributed by atoms with E-state index in [0.717, 1.165) is 11.1 Å². The van der Waals surface area contributed by atoms with E-state index in [4.69, 9.17) is 0 Å². The Labute approximate surface area is 133 Å². The lowest BCUT2D eigenvalue weighted by Crippen LogP contribution is -2.28. The van der Waals surface area contributed by atoms with Gasteiger partial charge in [0.1, 0.15) is 0 Å². The number of carbonyl (C=O) groups excluding carboxylic acids is 1. The predicted octanol–water partition coefficient (Wildman–Crippen LogP) is 4.40. The maximum absolute atomic E-state index is 12.1. The van der Waals surface area contributed by atoms with Gasteiger partial charge in [-0.25, -0.2) is 0 Å². The number of carbonyl (C=O) groups is 1. The Hall–Kier alpha value is -2.09. The molecular formula is C20H25NO. The van der Waals surface area contributed by atoms with E-state index >= 15 is 0 Å². The van der Waals surface area contributed by atoms with E-state index in [1.165, 1.54) is 5.56 Å². The fourth-order valence-electron chi connectivity index (χ4n) is 2.43. The van der Waals surface area contributed by atoms with E-state index in [1.807, 2.05) is 37.3 Å². The van der Waals surface area contributed by atoms with E-state index in [-0.39, 0.29) is 17.4 Å². The lowest BCUT2D eigenvalue weighted by atomic mass is 9.86. The lowest BCUT2D eigenvalue weighted by Gasteiger charge is -2.20. The van der Waals surface area contributed by atoms with Gasteiger partial charge in [-0.15, -0.1) is 0 Å². The Kier molecular flexibility index (Phi) is 5.02. The summed E-state index contributed by atoms with van der Waals surface area (Å²) < 4.78 is 0. The van der Waals surface area contributed by atoms with Crippen LogP contribution in [0.15, 0.2) is 54.6 Å². The van der Waals surface area contributed by atoms with Crippen LogP contribution < -0.4 is 5.32 Å². The first kappa shape index (κ1) is 16.3. The molecule has 0 heterocycles. The number of hydrogen-bond acceptors (Lipinski definition) is 1. The zero-order valence-electron chi connectivity index (χ0n) is 13.9. The summed E-state index contributed by atoms with van der Waals surface area (Å²) in [6.45, 7) is 8.63. The normalized spacial score (nSPS) is 12.7. The van der Waals surface area contributed by atoms with Gasteiger partial charge in [-0.3, -0.25) is 4.79 Å². The van der Waals surface area contributed by atoms with E-state index < -0.39 is 0 Å². The Balaban J connectivity index is 1.97. The SMILES string of the molecule is CC(NC(=O)Cc1ccccc1)c1ccc(C(C)(C)C)cc1. The number of benzene rings is 2. The van der Waals surface area contributed by atoms with Crippen LogP contribution in [-0.4, -0.2) is 5.91 Å². The summed E-state index contributed by atoms with van der Waals surface area (Å²) in [6.07, 6.45) is 0.422. The van der Waals surface area contributed by atoms with Crippen molar-refractivity contribution in [3.63, 3.8) is 0 Å². The molecule has 0 spiro atoms. The molecule has 1 unspecified atom stereocenters. The summed E-state index contributed by atoms with van der Waals surface area (Å²) >= 11 is 0. The standard InChI is InChI=1S/C20H25NO/c1-15(17-10-12-18(13-11-17)20(2,3)4)21-19(22)14-16-8-6-5-7-9-16/h5-13,15H,14H2,1-4H3,(H,21,22). The molecule has 0 aliphatic carbocycles. The molecule has 2 aromatic carbocycles. The molecule has 0 aromatic heterocycles. The molecule has 0 aliphatic rings. The molecular weight excluding hydrogens is 270 g/mol. The number of hydrogen-bond donors (Lipinski definition) is 1. The zero-order valence-corrected chi connectivity index (χ0v) is 13.9. The molecule has 0 saturated heterocycles. The van der Waals surface area contributed by atoms with E-state index in [9.17, 15) is 4.79 Å². The van der Waals surface area contributed by atoms with Crippen molar-refractivity contribution in [3.05, 3.63) is 71.3 Å². The summed E-state index contributed by atoms with van der Waals surface area (Å²) in [7, 11) is 0. The highest BCUT2D eigenvalue weighted by molar-refractivity contribution is 5.79. The molecule has 0 aliphatic heterocycles. The van der Waals surface area contributed by atoms with Gasteiger partial charge in [0, 0.05) is 0 Å². The monoisotopic (exact) mass is 295 g/mol. The van der Waals surface area contributed by atoms with Crippen molar-refractivity contribution in [2.45, 2.75) is 45.6 Å². The second-order valence-corrected chi connectivity index (χ2v) is 6.82. The van der Waals surface area contributed by atoms with Gasteiger partial charge in [0.2, 0.25) is 5.91 Å². The highest BCUT2D eigenvalue weighted by Gasteiger charge is 2.15. The fraction of sp³-hybridized carbons (Fsp3) is 0.350. The molecule has 22 heavy (non-hydrogen) atoms. The van der Waals surface area contributed by atoms with Crippen molar-refractivity contribution < 1.29 is 4.79 Å². The molecule has 2 heteroatoms. The van der Waals surface area contributed by atoms with Crippen molar-refractivity contribution in [3.8, 4) is 0 Å². The van der Waals surface area contributed by atoms with Gasteiger partial charge in [-0.1, -0.05) is 75.4 Å². The van der Waals surface area contributed by atoms with E-state index in [1.54, 1.807) is 0 Å². The maximum atomic E-state index is 12.1. The third-order valence-corrected chi connectivity index (χ3v) is 3.86. The molecule has 2 rings (SSSR count). The minimum atomic E-state index is 0.0187. The number of nitrogens with one attached hydrogen (secondary N) is 1. The summed E-state index contributed by atoms with van der Waals surface area (Å²) in [5, 5.41) is 3.06. The molecule has 0 fully saturated rings. The first-order valence-corrected chi connectivity index (χ1v) is 7.80. The number of rotatable bonds is 4. The molecule has 116 valence electrons. The zero-order chi connectivity index (χ0) is 16.2. The van der Waals surface area contributed by atoms with Crippen molar-refractivity contribution in [1.29, 1.82) is 0 Å². The topological polar surface area (TPSA) is 29.1 Å². The van der Waals surface area contributed by atoms with Crippen molar-refractivity contribution in [1.82, 2.24) is 5.32 Å². The fourth-order valence-corrected chi connectivity index (χ4v) is 2.43.